The van der Waals surface area contributed by atoms with Crippen molar-refractivity contribution < 1.29 is 23.9 Å². The lowest BCUT2D eigenvalue weighted by Gasteiger charge is -2.44. The number of H-pyrrole nitrogens is 1. The van der Waals surface area contributed by atoms with Gasteiger partial charge in [0.1, 0.15) is 17.1 Å². The predicted octanol–water partition coefficient (Wildman–Crippen LogP) is 3.29. The molecule has 0 atom stereocenters. The van der Waals surface area contributed by atoms with E-state index in [-0.39, 0.29) is 18.1 Å². The summed E-state index contributed by atoms with van der Waals surface area (Å²) in [7, 11) is 0. The van der Waals surface area contributed by atoms with Crippen LogP contribution in [0.5, 0.6) is 11.5 Å². The number of carbonyl (C=O) groups excluding carboxylic acids is 3. The Morgan fingerprint density at radius 2 is 1.98 bits per heavy atom. The Balaban J connectivity index is 1.16. The van der Waals surface area contributed by atoms with E-state index in [1.807, 2.05) is 19.1 Å². The number of fused-ring (bicyclic) bond motifs is 2. The van der Waals surface area contributed by atoms with Crippen molar-refractivity contribution in [3.05, 3.63) is 53.2 Å². The highest BCUT2D eigenvalue weighted by molar-refractivity contribution is 6.12. The first-order chi connectivity index (χ1) is 19.9. The number of nitrogens with two attached hydrogens (primary N) is 1. The summed E-state index contributed by atoms with van der Waals surface area (Å²) in [5.41, 5.74) is 7.71. The fourth-order valence-corrected chi connectivity index (χ4v) is 6.22. The molecule has 2 fully saturated rings. The predicted molar refractivity (Wildman–Crippen MR) is 147 cm³/mol. The van der Waals surface area contributed by atoms with Gasteiger partial charge in [-0.25, -0.2) is 5.10 Å². The van der Waals surface area contributed by atoms with E-state index in [0.717, 1.165) is 18.4 Å². The van der Waals surface area contributed by atoms with E-state index >= 15 is 0 Å². The molecule has 7 rings (SSSR count). The molecule has 0 bridgehead atoms. The molecule has 1 saturated heterocycles. The SMILES string of the molecule is CCOc1c(C(=O)N2CCC3(CC2)CC(=O)c2c(cccc2-c2nnn[nH]2)O3)ccc2c1c(C(N)=O)cn2C1CC1. The minimum absolute atomic E-state index is 0.0405. The van der Waals surface area contributed by atoms with E-state index in [4.69, 9.17) is 15.2 Å². The van der Waals surface area contributed by atoms with Gasteiger partial charge in [-0.2, -0.15) is 0 Å². The summed E-state index contributed by atoms with van der Waals surface area (Å²) in [6.45, 7) is 2.99. The van der Waals surface area contributed by atoms with Gasteiger partial charge in [-0.05, 0) is 48.4 Å². The van der Waals surface area contributed by atoms with Crippen LogP contribution in [-0.2, 0) is 0 Å². The van der Waals surface area contributed by atoms with Crippen LogP contribution in [0, 0.1) is 0 Å². The standard InChI is InChI=1S/C29H29N7O5/c1-2-40-25-18(8-9-20-23(25)19(26(30)38)15-36(20)16-6-7-16)28(39)35-12-10-29(11-13-35)14-21(37)24-17(27-31-33-34-32-27)4-3-5-22(24)41-29/h3-5,8-9,15-16H,2,6-7,10-14H2,1H3,(H2,30,38)(H,31,32,33,34). The van der Waals surface area contributed by atoms with Gasteiger partial charge in [-0.3, -0.25) is 14.4 Å². The van der Waals surface area contributed by atoms with Crippen molar-refractivity contribution in [2.45, 2.75) is 50.7 Å². The molecule has 2 aromatic heterocycles. The number of rotatable bonds is 6. The number of carbonyl (C=O) groups is 3. The van der Waals surface area contributed by atoms with Crippen LogP contribution in [0.15, 0.2) is 36.5 Å². The quantitative estimate of drug-likeness (QED) is 0.367. The van der Waals surface area contributed by atoms with Crippen LogP contribution in [0.25, 0.3) is 22.3 Å². The van der Waals surface area contributed by atoms with Crippen LogP contribution in [-0.4, -0.2) is 73.0 Å². The molecule has 4 aromatic rings. The highest BCUT2D eigenvalue weighted by Crippen LogP contribution is 2.44. The maximum atomic E-state index is 13.9. The Morgan fingerprint density at radius 3 is 2.66 bits per heavy atom. The van der Waals surface area contributed by atoms with Gasteiger partial charge in [-0.1, -0.05) is 12.1 Å². The lowest BCUT2D eigenvalue weighted by Crippen LogP contribution is -2.52. The minimum atomic E-state index is -0.702. The van der Waals surface area contributed by atoms with E-state index < -0.39 is 11.5 Å². The molecule has 4 heterocycles. The number of piperidine rings is 1. The fraction of sp³-hybridized carbons (Fsp3) is 0.379. The third-order valence-electron chi connectivity index (χ3n) is 8.35. The number of nitrogens with zero attached hydrogens (tertiary/aromatic N) is 5. The van der Waals surface area contributed by atoms with Gasteiger partial charge in [0.2, 0.25) is 0 Å². The summed E-state index contributed by atoms with van der Waals surface area (Å²) in [4.78, 5) is 41.4. The van der Waals surface area contributed by atoms with E-state index in [1.54, 1.807) is 29.3 Å². The van der Waals surface area contributed by atoms with Gasteiger partial charge in [0.25, 0.3) is 11.8 Å². The molecular weight excluding hydrogens is 526 g/mol. The number of ketones is 1. The normalized spacial score (nSPS) is 17.9. The fourth-order valence-electron chi connectivity index (χ4n) is 6.22. The molecule has 3 aliphatic rings. The van der Waals surface area contributed by atoms with Gasteiger partial charge >= 0.3 is 0 Å². The van der Waals surface area contributed by atoms with Crippen molar-refractivity contribution in [3.8, 4) is 22.9 Å². The van der Waals surface area contributed by atoms with Crippen LogP contribution < -0.4 is 15.2 Å². The first kappa shape index (κ1) is 25.2. The zero-order valence-corrected chi connectivity index (χ0v) is 22.6. The number of hydrogen-bond donors (Lipinski definition) is 2. The Labute approximate surface area is 234 Å². The van der Waals surface area contributed by atoms with Crippen molar-refractivity contribution in [2.75, 3.05) is 19.7 Å². The van der Waals surface area contributed by atoms with E-state index in [1.165, 1.54) is 0 Å². The summed E-state index contributed by atoms with van der Waals surface area (Å²) in [5, 5.41) is 14.5. The second-order valence-corrected chi connectivity index (χ2v) is 10.9. The third kappa shape index (κ3) is 4.12. The molecule has 2 aromatic carbocycles. The van der Waals surface area contributed by atoms with Gasteiger partial charge in [-0.15, -0.1) is 5.10 Å². The number of primary amides is 1. The Morgan fingerprint density at radius 1 is 1.17 bits per heavy atom. The van der Waals surface area contributed by atoms with Gasteiger partial charge in [0.05, 0.1) is 40.6 Å². The molecule has 1 spiro atoms. The average Bonchev–Trinajstić information content (AvgIpc) is 3.50. The monoisotopic (exact) mass is 555 g/mol. The zero-order valence-electron chi connectivity index (χ0n) is 22.6. The summed E-state index contributed by atoms with van der Waals surface area (Å²) in [6.07, 6.45) is 5.05. The largest absolute Gasteiger partial charge is 0.492 e. The van der Waals surface area contributed by atoms with E-state index in [0.29, 0.717) is 83.5 Å². The Hall–Kier alpha value is -4.74. The van der Waals surface area contributed by atoms with Crippen molar-refractivity contribution in [1.29, 1.82) is 0 Å². The van der Waals surface area contributed by atoms with Crippen LogP contribution in [0.1, 0.15) is 76.1 Å². The molecule has 41 heavy (non-hydrogen) atoms. The smallest absolute Gasteiger partial charge is 0.257 e. The minimum Gasteiger partial charge on any atom is -0.492 e. The summed E-state index contributed by atoms with van der Waals surface area (Å²) in [6, 6.07) is 9.36. The Bertz CT molecular complexity index is 1700. The molecule has 2 amide bonds. The number of benzene rings is 2. The number of aromatic nitrogens is 5. The first-order valence-corrected chi connectivity index (χ1v) is 13.9. The molecule has 12 heteroatoms. The van der Waals surface area contributed by atoms with Gasteiger partial charge in [0.15, 0.2) is 11.6 Å². The highest BCUT2D eigenvalue weighted by atomic mass is 16.5. The van der Waals surface area contributed by atoms with Gasteiger partial charge in [0, 0.05) is 43.7 Å². The van der Waals surface area contributed by atoms with Crippen LogP contribution >= 0.6 is 0 Å². The maximum Gasteiger partial charge on any atom is 0.257 e. The summed E-state index contributed by atoms with van der Waals surface area (Å²) in [5.74, 6) is 0.504. The van der Waals surface area contributed by atoms with Crippen molar-refractivity contribution in [1.82, 2.24) is 30.1 Å². The molecule has 12 nitrogen and oxygen atoms in total. The van der Waals surface area contributed by atoms with Crippen LogP contribution in [0.2, 0.25) is 0 Å². The van der Waals surface area contributed by atoms with Crippen molar-refractivity contribution in [2.24, 2.45) is 5.73 Å². The molecule has 0 unspecified atom stereocenters. The number of hydrogen-bond acceptors (Lipinski definition) is 8. The molecular formula is C29H29N7O5. The first-order valence-electron chi connectivity index (χ1n) is 13.9. The summed E-state index contributed by atoms with van der Waals surface area (Å²) >= 11 is 0. The van der Waals surface area contributed by atoms with Gasteiger partial charge < -0.3 is 24.7 Å². The molecule has 1 saturated carbocycles. The number of tetrazole rings is 1. The number of aromatic amines is 1. The number of likely N-dealkylation sites (tertiary alicyclic amines) is 1. The lowest BCUT2D eigenvalue weighted by molar-refractivity contribution is -0.00568. The summed E-state index contributed by atoms with van der Waals surface area (Å²) < 4.78 is 14.6. The average molecular weight is 556 g/mol. The highest BCUT2D eigenvalue weighted by Gasteiger charge is 2.45. The number of amides is 2. The molecule has 0 radical (unpaired) electrons. The molecule has 1 aliphatic carbocycles. The van der Waals surface area contributed by atoms with Crippen LogP contribution in [0.3, 0.4) is 0 Å². The van der Waals surface area contributed by atoms with Crippen molar-refractivity contribution in [3.63, 3.8) is 0 Å². The van der Waals surface area contributed by atoms with E-state index in [9.17, 15) is 14.4 Å². The third-order valence-corrected chi connectivity index (χ3v) is 8.35. The second kappa shape index (κ2) is 9.43. The number of nitrogens with one attached hydrogen (secondary N) is 1. The zero-order chi connectivity index (χ0) is 28.3. The maximum absolute atomic E-state index is 13.9. The van der Waals surface area contributed by atoms with E-state index in [2.05, 4.69) is 25.2 Å². The van der Waals surface area contributed by atoms with Crippen LogP contribution in [0.4, 0.5) is 0 Å². The lowest BCUT2D eigenvalue weighted by atomic mass is 9.81. The number of Topliss-reactive ketones (excluding diaryl/α,β-unsaturated/α-hetero) is 1. The molecule has 210 valence electrons. The Kier molecular flexibility index (Phi) is 5.80. The topological polar surface area (TPSA) is 158 Å². The van der Waals surface area contributed by atoms with Crippen molar-refractivity contribution >= 4 is 28.5 Å². The molecule has 3 N–H and O–H groups in total. The molecule has 2 aliphatic heterocycles. The second-order valence-electron chi connectivity index (χ2n) is 10.9. The number of ether oxygens (including phenoxy) is 2.